The average molecular weight is 350 g/mol. The zero-order valence-electron chi connectivity index (χ0n) is 14.4. The first kappa shape index (κ1) is 17.2. The SMILES string of the molecule is CC(N)c1nc2cccc(Cl)c2c(=O)n1N1CCN(C(C)C)CC1. The second-order valence-corrected chi connectivity index (χ2v) is 7.00. The molecule has 0 amide bonds. The van der Waals surface area contributed by atoms with Crippen LogP contribution >= 0.6 is 11.6 Å². The van der Waals surface area contributed by atoms with Gasteiger partial charge in [0, 0.05) is 32.2 Å². The summed E-state index contributed by atoms with van der Waals surface area (Å²) in [5.74, 6) is 0.577. The zero-order chi connectivity index (χ0) is 17.4. The first-order valence-electron chi connectivity index (χ1n) is 8.36. The van der Waals surface area contributed by atoms with Gasteiger partial charge >= 0.3 is 0 Å². The third-order valence-electron chi connectivity index (χ3n) is 4.56. The standard InChI is InChI=1S/C17H24ClN5O/c1-11(2)21-7-9-22(10-8-21)23-16(12(3)19)20-14-6-4-5-13(18)15(14)17(23)24/h4-6,11-12H,7-10,19H2,1-3H3. The van der Waals surface area contributed by atoms with Crippen molar-refractivity contribution in [2.45, 2.75) is 32.9 Å². The van der Waals surface area contributed by atoms with E-state index in [0.717, 1.165) is 26.2 Å². The lowest BCUT2D eigenvalue weighted by atomic mass is 10.2. The summed E-state index contributed by atoms with van der Waals surface area (Å²) < 4.78 is 1.64. The van der Waals surface area contributed by atoms with Gasteiger partial charge in [0.05, 0.1) is 22.0 Å². The van der Waals surface area contributed by atoms with Crippen LogP contribution in [0.4, 0.5) is 0 Å². The molecule has 0 saturated carbocycles. The lowest BCUT2D eigenvalue weighted by Gasteiger charge is -2.39. The fraction of sp³-hybridized carbons (Fsp3) is 0.529. The molecule has 1 fully saturated rings. The fourth-order valence-electron chi connectivity index (χ4n) is 3.19. The molecular formula is C17H24ClN5O. The lowest BCUT2D eigenvalue weighted by Crippen LogP contribution is -2.56. The van der Waals surface area contributed by atoms with Crippen LogP contribution in [0, 0.1) is 0 Å². The van der Waals surface area contributed by atoms with Crippen molar-refractivity contribution < 1.29 is 0 Å². The Morgan fingerprint density at radius 3 is 2.42 bits per heavy atom. The molecule has 1 aliphatic heterocycles. The van der Waals surface area contributed by atoms with E-state index in [2.05, 4.69) is 23.7 Å². The Bertz CT molecular complexity index is 793. The van der Waals surface area contributed by atoms with Crippen LogP contribution in [-0.2, 0) is 0 Å². The molecular weight excluding hydrogens is 326 g/mol. The summed E-state index contributed by atoms with van der Waals surface area (Å²) in [6.45, 7) is 9.55. The molecule has 1 aromatic carbocycles. The van der Waals surface area contributed by atoms with Gasteiger partial charge in [-0.05, 0) is 32.9 Å². The van der Waals surface area contributed by atoms with Gasteiger partial charge in [-0.2, -0.15) is 0 Å². The summed E-state index contributed by atoms with van der Waals surface area (Å²) in [5, 5.41) is 2.92. The summed E-state index contributed by atoms with van der Waals surface area (Å²) >= 11 is 6.26. The first-order chi connectivity index (χ1) is 11.4. The molecule has 1 aromatic heterocycles. The molecule has 1 unspecified atom stereocenters. The van der Waals surface area contributed by atoms with Crippen LogP contribution in [0.2, 0.25) is 5.02 Å². The normalized spacial score (nSPS) is 17.7. The van der Waals surface area contributed by atoms with E-state index in [1.807, 2.05) is 11.9 Å². The Morgan fingerprint density at radius 2 is 1.83 bits per heavy atom. The highest BCUT2D eigenvalue weighted by Gasteiger charge is 2.24. The molecule has 7 heteroatoms. The number of hydrogen-bond donors (Lipinski definition) is 1. The third-order valence-corrected chi connectivity index (χ3v) is 4.88. The second-order valence-electron chi connectivity index (χ2n) is 6.59. The van der Waals surface area contributed by atoms with E-state index in [-0.39, 0.29) is 11.6 Å². The average Bonchev–Trinajstić information content (AvgIpc) is 2.54. The molecule has 3 rings (SSSR count). The molecule has 1 saturated heterocycles. The largest absolute Gasteiger partial charge is 0.322 e. The van der Waals surface area contributed by atoms with Gasteiger partial charge in [0.25, 0.3) is 5.56 Å². The highest BCUT2D eigenvalue weighted by molar-refractivity contribution is 6.35. The van der Waals surface area contributed by atoms with Gasteiger partial charge in [0.2, 0.25) is 0 Å². The summed E-state index contributed by atoms with van der Waals surface area (Å²) in [6, 6.07) is 5.48. The van der Waals surface area contributed by atoms with Crippen molar-refractivity contribution >= 4 is 22.5 Å². The molecule has 0 radical (unpaired) electrons. The Morgan fingerprint density at radius 1 is 1.17 bits per heavy atom. The van der Waals surface area contributed by atoms with Crippen molar-refractivity contribution in [3.63, 3.8) is 0 Å². The number of nitrogens with two attached hydrogens (primary N) is 1. The number of nitrogens with zero attached hydrogens (tertiary/aromatic N) is 4. The van der Waals surface area contributed by atoms with Crippen LogP contribution in [0.3, 0.4) is 0 Å². The van der Waals surface area contributed by atoms with Gasteiger partial charge in [-0.25, -0.2) is 9.66 Å². The summed E-state index contributed by atoms with van der Waals surface area (Å²) in [5.41, 5.74) is 6.55. The van der Waals surface area contributed by atoms with Crippen LogP contribution in [0.25, 0.3) is 10.9 Å². The smallest absolute Gasteiger partial charge is 0.281 e. The Labute approximate surface area is 146 Å². The van der Waals surface area contributed by atoms with E-state index in [1.165, 1.54) is 0 Å². The lowest BCUT2D eigenvalue weighted by molar-refractivity contribution is 0.194. The Hall–Kier alpha value is -1.63. The van der Waals surface area contributed by atoms with Crippen LogP contribution in [0.1, 0.15) is 32.6 Å². The molecule has 1 atom stereocenters. The predicted molar refractivity (Wildman–Crippen MR) is 98.3 cm³/mol. The summed E-state index contributed by atoms with van der Waals surface area (Å²) in [4.78, 5) is 20.1. The van der Waals surface area contributed by atoms with Crippen LogP contribution in [-0.4, -0.2) is 46.8 Å². The van der Waals surface area contributed by atoms with Crippen molar-refractivity contribution in [1.82, 2.24) is 14.6 Å². The number of rotatable bonds is 3. The van der Waals surface area contributed by atoms with E-state index >= 15 is 0 Å². The quantitative estimate of drug-likeness (QED) is 0.914. The molecule has 0 bridgehead atoms. The minimum Gasteiger partial charge on any atom is -0.322 e. The molecule has 24 heavy (non-hydrogen) atoms. The topological polar surface area (TPSA) is 67.4 Å². The second kappa shape index (κ2) is 6.70. The summed E-state index contributed by atoms with van der Waals surface area (Å²) in [6.07, 6.45) is 0. The molecule has 1 aliphatic rings. The number of fused-ring (bicyclic) bond motifs is 1. The van der Waals surface area contributed by atoms with Crippen LogP contribution < -0.4 is 16.3 Å². The predicted octanol–water partition coefficient (Wildman–Crippen LogP) is 1.73. The molecule has 6 nitrogen and oxygen atoms in total. The van der Waals surface area contributed by atoms with Crippen molar-refractivity contribution in [3.05, 3.63) is 39.4 Å². The maximum Gasteiger partial charge on any atom is 0.281 e. The van der Waals surface area contributed by atoms with Gasteiger partial charge < -0.3 is 10.7 Å². The van der Waals surface area contributed by atoms with E-state index in [9.17, 15) is 4.79 Å². The van der Waals surface area contributed by atoms with Gasteiger partial charge in [0.15, 0.2) is 0 Å². The molecule has 2 aromatic rings. The molecule has 2 N–H and O–H groups in total. The van der Waals surface area contributed by atoms with Gasteiger partial charge in [0.1, 0.15) is 5.82 Å². The van der Waals surface area contributed by atoms with E-state index in [0.29, 0.717) is 27.8 Å². The number of benzene rings is 1. The number of piperazine rings is 1. The third kappa shape index (κ3) is 3.01. The molecule has 0 spiro atoms. The molecule has 0 aliphatic carbocycles. The van der Waals surface area contributed by atoms with Crippen molar-refractivity contribution in [2.24, 2.45) is 5.73 Å². The number of aromatic nitrogens is 2. The molecule has 2 heterocycles. The number of halogens is 1. The maximum atomic E-state index is 13.1. The maximum absolute atomic E-state index is 13.1. The highest BCUT2D eigenvalue weighted by atomic mass is 35.5. The van der Waals surface area contributed by atoms with E-state index in [1.54, 1.807) is 22.9 Å². The monoisotopic (exact) mass is 349 g/mol. The summed E-state index contributed by atoms with van der Waals surface area (Å²) in [7, 11) is 0. The van der Waals surface area contributed by atoms with Crippen molar-refractivity contribution in [2.75, 3.05) is 31.2 Å². The van der Waals surface area contributed by atoms with Crippen molar-refractivity contribution in [1.29, 1.82) is 0 Å². The minimum absolute atomic E-state index is 0.143. The zero-order valence-corrected chi connectivity index (χ0v) is 15.1. The van der Waals surface area contributed by atoms with E-state index in [4.69, 9.17) is 17.3 Å². The highest BCUT2D eigenvalue weighted by Crippen LogP contribution is 2.20. The van der Waals surface area contributed by atoms with Gasteiger partial charge in [-0.15, -0.1) is 0 Å². The van der Waals surface area contributed by atoms with Gasteiger partial charge in [-0.1, -0.05) is 17.7 Å². The van der Waals surface area contributed by atoms with Crippen molar-refractivity contribution in [3.8, 4) is 0 Å². The van der Waals surface area contributed by atoms with Crippen LogP contribution in [0.15, 0.2) is 23.0 Å². The number of hydrogen-bond acceptors (Lipinski definition) is 5. The minimum atomic E-state index is -0.343. The first-order valence-corrected chi connectivity index (χ1v) is 8.74. The molecule has 130 valence electrons. The Kier molecular flexibility index (Phi) is 4.80. The fourth-order valence-corrected chi connectivity index (χ4v) is 3.44. The van der Waals surface area contributed by atoms with Gasteiger partial charge in [-0.3, -0.25) is 9.69 Å². The Balaban J connectivity index is 2.10. The van der Waals surface area contributed by atoms with Crippen LogP contribution in [0.5, 0.6) is 0 Å². The van der Waals surface area contributed by atoms with E-state index < -0.39 is 0 Å².